The van der Waals surface area contributed by atoms with Crippen LogP contribution < -0.4 is 15.8 Å². The summed E-state index contributed by atoms with van der Waals surface area (Å²) < 4.78 is 18.1. The van der Waals surface area contributed by atoms with E-state index in [1.165, 1.54) is 31.6 Å². The smallest absolute Gasteiger partial charge is 0.173 e. The van der Waals surface area contributed by atoms with Crippen molar-refractivity contribution in [1.29, 1.82) is 0 Å². The standard InChI is InChI=1S/C11H11FN4O/c1-17-9-6-7(2-3-8(9)12)16-11-10(13)14-4-5-15-11/h2-6H,1H3,(H2,13,14)(H,15,16). The number of nitrogens with zero attached hydrogens (tertiary/aromatic N) is 2. The van der Waals surface area contributed by atoms with Crippen molar-refractivity contribution in [2.75, 3.05) is 18.2 Å². The van der Waals surface area contributed by atoms with E-state index in [1.807, 2.05) is 0 Å². The van der Waals surface area contributed by atoms with Gasteiger partial charge in [-0.1, -0.05) is 0 Å². The highest BCUT2D eigenvalue weighted by Gasteiger charge is 2.05. The van der Waals surface area contributed by atoms with Crippen LogP contribution in [-0.2, 0) is 0 Å². The molecule has 0 aliphatic carbocycles. The number of benzene rings is 1. The Morgan fingerprint density at radius 2 is 2.06 bits per heavy atom. The Kier molecular flexibility index (Phi) is 3.04. The van der Waals surface area contributed by atoms with Gasteiger partial charge >= 0.3 is 0 Å². The third-order valence-electron chi connectivity index (χ3n) is 2.14. The van der Waals surface area contributed by atoms with Crippen molar-refractivity contribution in [3.63, 3.8) is 0 Å². The van der Waals surface area contributed by atoms with E-state index in [1.54, 1.807) is 6.07 Å². The largest absolute Gasteiger partial charge is 0.494 e. The number of rotatable bonds is 3. The second-order valence-corrected chi connectivity index (χ2v) is 3.26. The lowest BCUT2D eigenvalue weighted by Gasteiger charge is -2.08. The lowest BCUT2D eigenvalue weighted by Crippen LogP contribution is -2.01. The first kappa shape index (κ1) is 11.1. The molecule has 0 aliphatic heterocycles. The van der Waals surface area contributed by atoms with Crippen LogP contribution in [0, 0.1) is 5.82 Å². The molecule has 1 heterocycles. The molecule has 2 aromatic rings. The molecule has 2 rings (SSSR count). The first-order valence-electron chi connectivity index (χ1n) is 4.88. The van der Waals surface area contributed by atoms with Gasteiger partial charge in [0, 0.05) is 24.1 Å². The number of methoxy groups -OCH3 is 1. The first-order valence-corrected chi connectivity index (χ1v) is 4.88. The zero-order valence-corrected chi connectivity index (χ0v) is 9.14. The van der Waals surface area contributed by atoms with E-state index >= 15 is 0 Å². The molecule has 0 saturated carbocycles. The highest BCUT2D eigenvalue weighted by atomic mass is 19.1. The van der Waals surface area contributed by atoms with Gasteiger partial charge in [0.2, 0.25) is 0 Å². The van der Waals surface area contributed by atoms with Crippen molar-refractivity contribution in [2.24, 2.45) is 0 Å². The van der Waals surface area contributed by atoms with E-state index in [4.69, 9.17) is 10.5 Å². The van der Waals surface area contributed by atoms with Gasteiger partial charge < -0.3 is 15.8 Å². The number of hydrogen-bond donors (Lipinski definition) is 2. The molecule has 0 aliphatic rings. The van der Waals surface area contributed by atoms with E-state index in [0.717, 1.165) is 0 Å². The summed E-state index contributed by atoms with van der Waals surface area (Å²) in [5, 5.41) is 2.93. The second-order valence-electron chi connectivity index (χ2n) is 3.26. The van der Waals surface area contributed by atoms with Gasteiger partial charge in [-0.3, -0.25) is 0 Å². The Hall–Kier alpha value is -2.37. The Morgan fingerprint density at radius 3 is 2.76 bits per heavy atom. The van der Waals surface area contributed by atoms with Gasteiger partial charge in [0.25, 0.3) is 0 Å². The van der Waals surface area contributed by atoms with E-state index in [9.17, 15) is 4.39 Å². The number of nitrogen functional groups attached to an aromatic ring is 1. The molecule has 3 N–H and O–H groups in total. The summed E-state index contributed by atoms with van der Waals surface area (Å²) in [4.78, 5) is 7.90. The minimum Gasteiger partial charge on any atom is -0.494 e. The van der Waals surface area contributed by atoms with Gasteiger partial charge in [-0.25, -0.2) is 14.4 Å². The minimum absolute atomic E-state index is 0.150. The molecule has 0 saturated heterocycles. The summed E-state index contributed by atoms with van der Waals surface area (Å²) in [6.45, 7) is 0. The monoisotopic (exact) mass is 234 g/mol. The summed E-state index contributed by atoms with van der Waals surface area (Å²) in [5.41, 5.74) is 6.25. The van der Waals surface area contributed by atoms with E-state index in [0.29, 0.717) is 11.5 Å². The van der Waals surface area contributed by atoms with Crippen LogP contribution in [0.5, 0.6) is 5.75 Å². The Morgan fingerprint density at radius 1 is 1.29 bits per heavy atom. The Labute approximate surface area is 97.5 Å². The van der Waals surface area contributed by atoms with Crippen LogP contribution in [0.25, 0.3) is 0 Å². The molecule has 0 bridgehead atoms. The predicted octanol–water partition coefficient (Wildman–Crippen LogP) is 1.95. The summed E-state index contributed by atoms with van der Waals surface area (Å²) in [5.74, 6) is 0.416. The maximum absolute atomic E-state index is 13.2. The molecule has 1 aromatic heterocycles. The number of hydrogen-bond acceptors (Lipinski definition) is 5. The molecule has 0 amide bonds. The molecule has 88 valence electrons. The maximum atomic E-state index is 13.2. The molecule has 0 atom stereocenters. The minimum atomic E-state index is -0.426. The summed E-state index contributed by atoms with van der Waals surface area (Å²) in [6.07, 6.45) is 3.01. The van der Waals surface area contributed by atoms with Crippen molar-refractivity contribution >= 4 is 17.3 Å². The third-order valence-corrected chi connectivity index (χ3v) is 2.14. The van der Waals surface area contributed by atoms with Crippen molar-refractivity contribution in [3.8, 4) is 5.75 Å². The molecule has 5 nitrogen and oxygen atoms in total. The molecule has 0 fully saturated rings. The topological polar surface area (TPSA) is 73.1 Å². The lowest BCUT2D eigenvalue weighted by atomic mass is 10.3. The lowest BCUT2D eigenvalue weighted by molar-refractivity contribution is 0.387. The number of halogens is 1. The number of aromatic nitrogens is 2. The van der Waals surface area contributed by atoms with Crippen LogP contribution in [0.2, 0.25) is 0 Å². The fourth-order valence-corrected chi connectivity index (χ4v) is 1.32. The van der Waals surface area contributed by atoms with Gasteiger partial charge in [0.1, 0.15) is 0 Å². The molecular formula is C11H11FN4O. The van der Waals surface area contributed by atoms with Crippen LogP contribution >= 0.6 is 0 Å². The van der Waals surface area contributed by atoms with E-state index in [-0.39, 0.29) is 11.6 Å². The van der Waals surface area contributed by atoms with Crippen molar-refractivity contribution in [1.82, 2.24) is 9.97 Å². The molecule has 6 heteroatoms. The maximum Gasteiger partial charge on any atom is 0.173 e. The molecular weight excluding hydrogens is 223 g/mol. The first-order chi connectivity index (χ1) is 8.20. The van der Waals surface area contributed by atoms with Crippen LogP contribution in [0.4, 0.5) is 21.7 Å². The zero-order chi connectivity index (χ0) is 12.3. The normalized spacial score (nSPS) is 10.0. The molecule has 0 unspecified atom stereocenters. The van der Waals surface area contributed by atoms with Crippen molar-refractivity contribution in [2.45, 2.75) is 0 Å². The highest BCUT2D eigenvalue weighted by Crippen LogP contribution is 2.24. The second kappa shape index (κ2) is 4.65. The fraction of sp³-hybridized carbons (Fsp3) is 0.0909. The summed E-state index contributed by atoms with van der Waals surface area (Å²) >= 11 is 0. The molecule has 17 heavy (non-hydrogen) atoms. The Balaban J connectivity index is 2.28. The number of nitrogens with one attached hydrogen (secondary N) is 1. The average molecular weight is 234 g/mol. The third kappa shape index (κ3) is 2.41. The summed E-state index contributed by atoms with van der Waals surface area (Å²) in [6, 6.07) is 4.38. The average Bonchev–Trinajstić information content (AvgIpc) is 2.34. The number of anilines is 3. The van der Waals surface area contributed by atoms with E-state index < -0.39 is 5.82 Å². The van der Waals surface area contributed by atoms with Crippen LogP contribution in [0.15, 0.2) is 30.6 Å². The predicted molar refractivity (Wildman–Crippen MR) is 62.7 cm³/mol. The summed E-state index contributed by atoms with van der Waals surface area (Å²) in [7, 11) is 1.40. The quantitative estimate of drug-likeness (QED) is 0.849. The van der Waals surface area contributed by atoms with Crippen molar-refractivity contribution < 1.29 is 9.13 Å². The molecule has 0 radical (unpaired) electrons. The van der Waals surface area contributed by atoms with Gasteiger partial charge in [-0.2, -0.15) is 0 Å². The van der Waals surface area contributed by atoms with Crippen LogP contribution in [0.1, 0.15) is 0 Å². The van der Waals surface area contributed by atoms with Gasteiger partial charge in [-0.15, -0.1) is 0 Å². The van der Waals surface area contributed by atoms with E-state index in [2.05, 4.69) is 15.3 Å². The van der Waals surface area contributed by atoms with Crippen molar-refractivity contribution in [3.05, 3.63) is 36.4 Å². The zero-order valence-electron chi connectivity index (χ0n) is 9.14. The van der Waals surface area contributed by atoms with Gasteiger partial charge in [0.05, 0.1) is 7.11 Å². The SMILES string of the molecule is COc1cc(Nc2nccnc2N)ccc1F. The van der Waals surface area contributed by atoms with Crippen LogP contribution in [0.3, 0.4) is 0 Å². The molecule has 0 spiro atoms. The Bertz CT molecular complexity index is 533. The van der Waals surface area contributed by atoms with Gasteiger partial charge in [0.15, 0.2) is 23.2 Å². The van der Waals surface area contributed by atoms with Crippen LogP contribution in [-0.4, -0.2) is 17.1 Å². The van der Waals surface area contributed by atoms with Gasteiger partial charge in [-0.05, 0) is 12.1 Å². The number of nitrogens with two attached hydrogens (primary N) is 1. The number of ether oxygens (including phenoxy) is 1. The fourth-order valence-electron chi connectivity index (χ4n) is 1.32. The molecule has 1 aromatic carbocycles. The highest BCUT2D eigenvalue weighted by molar-refractivity contribution is 5.66.